The van der Waals surface area contributed by atoms with E-state index >= 15 is 0 Å². The number of pyridine rings is 1. The lowest BCUT2D eigenvalue weighted by molar-refractivity contribution is 0.0861. The molecule has 1 atom stereocenters. The Morgan fingerprint density at radius 2 is 2.10 bits per heavy atom. The molecule has 0 radical (unpaired) electrons. The number of alkyl halides is 1. The van der Waals surface area contributed by atoms with E-state index in [1.54, 1.807) is 24.5 Å². The fourth-order valence-electron chi connectivity index (χ4n) is 3.18. The Bertz CT molecular complexity index is 1070. The van der Waals surface area contributed by atoms with E-state index in [1.165, 1.54) is 0 Å². The molecule has 3 aromatic rings. The van der Waals surface area contributed by atoms with E-state index in [0.29, 0.717) is 10.6 Å². The Balaban J connectivity index is 1.69. The van der Waals surface area contributed by atoms with E-state index in [1.807, 2.05) is 29.3 Å². The molecule has 0 bridgehead atoms. The van der Waals surface area contributed by atoms with Crippen LogP contribution in [0.1, 0.15) is 46.3 Å². The number of nitrogens with zero attached hydrogens (tertiary/aromatic N) is 4. The van der Waals surface area contributed by atoms with Crippen molar-refractivity contribution in [1.82, 2.24) is 25.6 Å². The van der Waals surface area contributed by atoms with Gasteiger partial charge in [0.2, 0.25) is 0 Å². The van der Waals surface area contributed by atoms with Crippen molar-refractivity contribution >= 4 is 51.6 Å². The summed E-state index contributed by atoms with van der Waals surface area (Å²) in [4.78, 5) is 21.7. The minimum atomic E-state index is -0.227. The smallest absolute Gasteiger partial charge is 0.271 e. The molecular formula is C21H20ClIN6O. The molecule has 3 heterocycles. The Hall–Kier alpha value is -2.46. The standard InChI is InChI=1S/C21H20ClIN6O/c1-2-3-6-16-25-18-17(13-7-9-15(22)10-8-13)26-27-19(18)20(23)29(16)28-21(30)14-5-4-11-24-12-14/h4-5,7-12,20H,2-3,6H2,1H3,(H,26,27)(H,28,30). The fourth-order valence-corrected chi connectivity index (χ4v) is 4.21. The maximum absolute atomic E-state index is 12.8. The molecule has 0 saturated carbocycles. The molecule has 1 aromatic carbocycles. The Labute approximate surface area is 193 Å². The average molecular weight is 535 g/mol. The number of unbranched alkanes of at least 4 members (excludes halogenated alkanes) is 1. The first-order chi connectivity index (χ1) is 14.6. The predicted octanol–water partition coefficient (Wildman–Crippen LogP) is 5.44. The molecule has 1 aliphatic rings. The molecule has 1 amide bonds. The van der Waals surface area contributed by atoms with Crippen molar-refractivity contribution in [2.45, 2.75) is 30.2 Å². The van der Waals surface area contributed by atoms with Crippen LogP contribution in [0.25, 0.3) is 11.3 Å². The summed E-state index contributed by atoms with van der Waals surface area (Å²) in [7, 11) is 0. The van der Waals surface area contributed by atoms with Gasteiger partial charge in [0.25, 0.3) is 5.91 Å². The number of carbonyl (C=O) groups is 1. The maximum atomic E-state index is 12.8. The second kappa shape index (κ2) is 9.13. The third-order valence-corrected chi connectivity index (χ3v) is 6.20. The van der Waals surface area contributed by atoms with Gasteiger partial charge in [-0.25, -0.2) is 4.99 Å². The van der Waals surface area contributed by atoms with Gasteiger partial charge >= 0.3 is 0 Å². The third kappa shape index (κ3) is 4.20. The number of H-pyrrole nitrogens is 1. The van der Waals surface area contributed by atoms with Gasteiger partial charge in [-0.15, -0.1) is 0 Å². The van der Waals surface area contributed by atoms with Crippen molar-refractivity contribution in [2.75, 3.05) is 0 Å². The number of fused-ring (bicyclic) bond motifs is 1. The molecule has 1 unspecified atom stereocenters. The van der Waals surface area contributed by atoms with Gasteiger partial charge in [0, 0.05) is 29.4 Å². The Kier molecular flexibility index (Phi) is 6.33. The van der Waals surface area contributed by atoms with Crippen LogP contribution in [-0.4, -0.2) is 31.9 Å². The topological polar surface area (TPSA) is 86.3 Å². The van der Waals surface area contributed by atoms with Crippen molar-refractivity contribution < 1.29 is 4.79 Å². The molecule has 7 nitrogen and oxygen atoms in total. The minimum Gasteiger partial charge on any atom is -0.277 e. The van der Waals surface area contributed by atoms with E-state index in [4.69, 9.17) is 16.6 Å². The van der Waals surface area contributed by atoms with Gasteiger partial charge in [-0.1, -0.05) is 37.1 Å². The molecule has 4 rings (SSSR count). The third-order valence-electron chi connectivity index (χ3n) is 4.77. The van der Waals surface area contributed by atoms with E-state index in [0.717, 1.165) is 47.7 Å². The molecule has 0 aliphatic carbocycles. The number of hydrogen-bond donors (Lipinski definition) is 2. The average Bonchev–Trinajstić information content (AvgIpc) is 3.19. The first-order valence-corrected chi connectivity index (χ1v) is 11.3. The van der Waals surface area contributed by atoms with Crippen molar-refractivity contribution in [1.29, 1.82) is 0 Å². The first kappa shape index (κ1) is 20.8. The van der Waals surface area contributed by atoms with Gasteiger partial charge in [0.1, 0.15) is 21.3 Å². The largest absolute Gasteiger partial charge is 0.277 e. The number of aromatic nitrogens is 3. The molecule has 0 saturated heterocycles. The minimum absolute atomic E-state index is 0.184. The number of rotatable bonds is 6. The van der Waals surface area contributed by atoms with Crippen LogP contribution in [0.3, 0.4) is 0 Å². The zero-order chi connectivity index (χ0) is 21.1. The Morgan fingerprint density at radius 3 is 2.80 bits per heavy atom. The van der Waals surface area contributed by atoms with Crippen LogP contribution in [0, 0.1) is 0 Å². The lowest BCUT2D eigenvalue weighted by Crippen LogP contribution is -2.48. The number of carbonyl (C=O) groups excluding carboxylic acids is 1. The van der Waals surface area contributed by atoms with Crippen molar-refractivity contribution in [3.63, 3.8) is 0 Å². The molecule has 0 fully saturated rings. The number of amides is 1. The van der Waals surface area contributed by atoms with Crippen LogP contribution in [0.5, 0.6) is 0 Å². The maximum Gasteiger partial charge on any atom is 0.271 e. The summed E-state index contributed by atoms with van der Waals surface area (Å²) < 4.78 is -0.184. The summed E-state index contributed by atoms with van der Waals surface area (Å²) in [5.41, 5.74) is 6.84. The second-order valence-electron chi connectivity index (χ2n) is 6.86. The number of aromatic amines is 1. The van der Waals surface area contributed by atoms with Gasteiger partial charge in [0.15, 0.2) is 0 Å². The van der Waals surface area contributed by atoms with Crippen LogP contribution in [0.2, 0.25) is 5.02 Å². The van der Waals surface area contributed by atoms with Crippen molar-refractivity contribution in [2.24, 2.45) is 4.99 Å². The van der Waals surface area contributed by atoms with Gasteiger partial charge in [0.05, 0.1) is 11.3 Å². The molecule has 1 aliphatic heterocycles. The van der Waals surface area contributed by atoms with E-state index in [-0.39, 0.29) is 9.96 Å². The summed E-state index contributed by atoms with van der Waals surface area (Å²) in [6.45, 7) is 2.13. The zero-order valence-corrected chi connectivity index (χ0v) is 19.2. The van der Waals surface area contributed by atoms with Gasteiger partial charge in [-0.05, 0) is 53.3 Å². The molecule has 30 heavy (non-hydrogen) atoms. The summed E-state index contributed by atoms with van der Waals surface area (Å²) in [6, 6.07) is 11.0. The van der Waals surface area contributed by atoms with Crippen molar-refractivity contribution in [3.05, 3.63) is 65.1 Å². The van der Waals surface area contributed by atoms with Gasteiger partial charge < -0.3 is 0 Å². The predicted molar refractivity (Wildman–Crippen MR) is 126 cm³/mol. The lowest BCUT2D eigenvalue weighted by Gasteiger charge is -2.33. The summed E-state index contributed by atoms with van der Waals surface area (Å²) in [6.07, 6.45) is 5.92. The highest BCUT2D eigenvalue weighted by Crippen LogP contribution is 2.43. The molecule has 0 spiro atoms. The highest BCUT2D eigenvalue weighted by atomic mass is 127. The number of aliphatic imine (C=N–C) groups is 1. The second-order valence-corrected chi connectivity index (χ2v) is 8.48. The highest BCUT2D eigenvalue weighted by molar-refractivity contribution is 14.1. The van der Waals surface area contributed by atoms with Crippen LogP contribution < -0.4 is 5.43 Å². The number of halogens is 2. The lowest BCUT2D eigenvalue weighted by atomic mass is 10.1. The summed E-state index contributed by atoms with van der Waals surface area (Å²) >= 11 is 8.32. The number of nitrogens with one attached hydrogen (secondary N) is 2. The highest BCUT2D eigenvalue weighted by Gasteiger charge is 2.33. The van der Waals surface area contributed by atoms with Gasteiger partial charge in [-0.3, -0.25) is 25.3 Å². The fraction of sp³-hybridized carbons (Fsp3) is 0.238. The normalized spacial score (nSPS) is 15.5. The van der Waals surface area contributed by atoms with Crippen LogP contribution in [0.4, 0.5) is 5.69 Å². The Morgan fingerprint density at radius 1 is 1.30 bits per heavy atom. The van der Waals surface area contributed by atoms with E-state index in [9.17, 15) is 4.79 Å². The van der Waals surface area contributed by atoms with Gasteiger partial charge in [-0.2, -0.15) is 5.10 Å². The van der Waals surface area contributed by atoms with Crippen molar-refractivity contribution in [3.8, 4) is 11.3 Å². The molecular weight excluding hydrogens is 515 g/mol. The van der Waals surface area contributed by atoms with E-state index < -0.39 is 0 Å². The zero-order valence-electron chi connectivity index (χ0n) is 16.3. The molecule has 154 valence electrons. The number of amidine groups is 1. The first-order valence-electron chi connectivity index (χ1n) is 9.64. The number of benzene rings is 1. The van der Waals surface area contributed by atoms with Crippen LogP contribution >= 0.6 is 34.2 Å². The summed E-state index contributed by atoms with van der Waals surface area (Å²) in [5.74, 6) is 0.576. The quantitative estimate of drug-likeness (QED) is 0.251. The SMILES string of the molecule is CCCCC1=Nc2c(-c3ccc(Cl)cc3)n[nH]c2C(I)N1NC(=O)c1cccnc1. The van der Waals surface area contributed by atoms with Crippen LogP contribution in [-0.2, 0) is 0 Å². The number of hydrogen-bond acceptors (Lipinski definition) is 5. The number of hydrazine groups is 1. The van der Waals surface area contributed by atoms with E-state index in [2.05, 4.69) is 50.1 Å². The monoisotopic (exact) mass is 534 g/mol. The summed E-state index contributed by atoms with van der Waals surface area (Å²) in [5, 5.41) is 10.1. The van der Waals surface area contributed by atoms with Crippen LogP contribution in [0.15, 0.2) is 53.8 Å². The molecule has 2 aromatic heterocycles. The molecule has 9 heteroatoms. The molecule has 2 N–H and O–H groups in total.